The molecule has 0 N–H and O–H groups in total. The molecule has 0 heterocycles. The molecule has 0 fully saturated rings. The van der Waals surface area contributed by atoms with Crippen molar-refractivity contribution in [2.45, 2.75) is 12.5 Å². The van der Waals surface area contributed by atoms with E-state index in [0.29, 0.717) is 11.8 Å². The predicted octanol–water partition coefficient (Wildman–Crippen LogP) is 3.40. The molecule has 3 heteroatoms. The molecule has 1 nitrogen and oxygen atoms in total. The molecule has 0 aromatic rings. The van der Waals surface area contributed by atoms with E-state index in [1.54, 1.807) is 0 Å². The topological polar surface area (TPSA) is 9.23 Å². The summed E-state index contributed by atoms with van der Waals surface area (Å²) in [4.78, 5) is 0. The maximum absolute atomic E-state index is 5.51. The second kappa shape index (κ2) is 6.63. The summed E-state index contributed by atoms with van der Waals surface area (Å²) in [6, 6.07) is 0. The molecule has 0 aromatic heterocycles. The number of hydrogen-bond donors (Lipinski definition) is 0. The van der Waals surface area contributed by atoms with Crippen molar-refractivity contribution in [3.8, 4) is 0 Å². The van der Waals surface area contributed by atoms with Crippen molar-refractivity contribution < 1.29 is 30.5 Å². The van der Waals surface area contributed by atoms with Crippen molar-refractivity contribution in [1.82, 2.24) is 0 Å². The summed E-state index contributed by atoms with van der Waals surface area (Å²) in [6.45, 7) is 0. The van der Waals surface area contributed by atoms with Gasteiger partial charge in [-0.25, -0.2) is 0 Å². The van der Waals surface area contributed by atoms with Gasteiger partial charge in [-0.1, -0.05) is 48.6 Å². The molecule has 2 aliphatic rings. The summed E-state index contributed by atoms with van der Waals surface area (Å²) in [5, 5.41) is 0. The van der Waals surface area contributed by atoms with E-state index >= 15 is 0 Å². The molecule has 15 heavy (non-hydrogen) atoms. The van der Waals surface area contributed by atoms with E-state index in [1.165, 1.54) is 0 Å². The van der Waals surface area contributed by atoms with E-state index in [9.17, 15) is 0 Å². The van der Waals surface area contributed by atoms with Crippen molar-refractivity contribution in [1.29, 1.82) is 0 Å². The van der Waals surface area contributed by atoms with Crippen LogP contribution in [0.25, 0.3) is 0 Å². The maximum atomic E-state index is 5.51. The molecule has 1 unspecified atom stereocenters. The van der Waals surface area contributed by atoms with Crippen LogP contribution in [0.4, 0.5) is 0 Å². The van der Waals surface area contributed by atoms with E-state index in [-0.39, 0.29) is 32.3 Å². The Balaban J connectivity index is 0.00000112. The Kier molecular flexibility index (Phi) is 5.81. The SMILES string of the molecule is ClOC(CC1C=CC=C1)C1C=CC=C1.[Zr]. The van der Waals surface area contributed by atoms with Gasteiger partial charge in [0.2, 0.25) is 0 Å². The minimum absolute atomic E-state index is 0. The first-order chi connectivity index (χ1) is 6.90. The van der Waals surface area contributed by atoms with Crippen LogP contribution in [-0.2, 0) is 30.5 Å². The largest absolute Gasteiger partial charge is 0.275 e. The zero-order valence-corrected chi connectivity index (χ0v) is 11.6. The first kappa shape index (κ1) is 13.2. The Morgan fingerprint density at radius 3 is 2.07 bits per heavy atom. The van der Waals surface area contributed by atoms with Gasteiger partial charge in [0.1, 0.15) is 0 Å². The monoisotopic (exact) mass is 298 g/mol. The third-order valence-electron chi connectivity index (χ3n) is 2.65. The first-order valence-electron chi connectivity index (χ1n) is 4.87. The fourth-order valence-corrected chi connectivity index (χ4v) is 2.04. The molecular weight excluding hydrogens is 287 g/mol. The number of halogens is 1. The summed E-state index contributed by atoms with van der Waals surface area (Å²) >= 11 is 5.51. The summed E-state index contributed by atoms with van der Waals surface area (Å²) in [7, 11) is 0. The number of rotatable bonds is 4. The fraction of sp³-hybridized carbons (Fsp3) is 0.333. The van der Waals surface area contributed by atoms with Gasteiger partial charge in [-0.3, -0.25) is 4.29 Å². The van der Waals surface area contributed by atoms with Gasteiger partial charge in [0.05, 0.1) is 18.0 Å². The second-order valence-corrected chi connectivity index (χ2v) is 3.82. The van der Waals surface area contributed by atoms with Crippen molar-refractivity contribution >= 4 is 11.9 Å². The van der Waals surface area contributed by atoms with Crippen LogP contribution in [0, 0.1) is 11.8 Å². The molecule has 0 radical (unpaired) electrons. The van der Waals surface area contributed by atoms with Gasteiger partial charge in [-0.2, -0.15) is 0 Å². The fourth-order valence-electron chi connectivity index (χ4n) is 1.85. The molecule has 0 amide bonds. The third kappa shape index (κ3) is 3.55. The van der Waals surface area contributed by atoms with Gasteiger partial charge >= 0.3 is 0 Å². The summed E-state index contributed by atoms with van der Waals surface area (Å²) in [6.07, 6.45) is 17.8. The summed E-state index contributed by atoms with van der Waals surface area (Å²) in [5.74, 6) is 0.802. The van der Waals surface area contributed by atoms with E-state index in [2.05, 4.69) is 36.5 Å². The Labute approximate surface area is 115 Å². The molecule has 2 aliphatic carbocycles. The molecule has 0 bridgehead atoms. The van der Waals surface area contributed by atoms with Crippen molar-refractivity contribution in [2.24, 2.45) is 11.8 Å². The quantitative estimate of drug-likeness (QED) is 0.773. The molecule has 2 rings (SSSR count). The average Bonchev–Trinajstić information content (AvgIpc) is 2.86. The molecule has 1 atom stereocenters. The Hall–Kier alpha value is 0.0931. The van der Waals surface area contributed by atoms with Crippen molar-refractivity contribution in [2.75, 3.05) is 0 Å². The Morgan fingerprint density at radius 1 is 1.00 bits per heavy atom. The van der Waals surface area contributed by atoms with Crippen LogP contribution < -0.4 is 0 Å². The summed E-state index contributed by atoms with van der Waals surface area (Å²) < 4.78 is 5.00. The zero-order valence-electron chi connectivity index (χ0n) is 8.34. The van der Waals surface area contributed by atoms with Crippen LogP contribution in [0.3, 0.4) is 0 Å². The number of allylic oxidation sites excluding steroid dienone is 6. The molecule has 0 aliphatic heterocycles. The minimum atomic E-state index is 0. The average molecular weight is 300 g/mol. The van der Waals surface area contributed by atoms with Crippen LogP contribution in [0.5, 0.6) is 0 Å². The second-order valence-electron chi connectivity index (χ2n) is 3.64. The van der Waals surface area contributed by atoms with Crippen LogP contribution in [-0.4, -0.2) is 6.10 Å². The van der Waals surface area contributed by atoms with Crippen LogP contribution >= 0.6 is 11.9 Å². The maximum Gasteiger partial charge on any atom is 0.0896 e. The molecule has 78 valence electrons. The predicted molar refractivity (Wildman–Crippen MR) is 58.9 cm³/mol. The first-order valence-corrected chi connectivity index (χ1v) is 5.18. The molecular formula is C12H13ClOZr. The Bertz CT molecular complexity index is 283. The van der Waals surface area contributed by atoms with Crippen LogP contribution in [0.1, 0.15) is 6.42 Å². The van der Waals surface area contributed by atoms with E-state index < -0.39 is 0 Å². The zero-order chi connectivity index (χ0) is 9.80. The van der Waals surface area contributed by atoms with E-state index in [0.717, 1.165) is 6.42 Å². The van der Waals surface area contributed by atoms with Gasteiger partial charge in [0, 0.05) is 32.1 Å². The third-order valence-corrected chi connectivity index (χ3v) is 2.88. The number of hydrogen-bond acceptors (Lipinski definition) is 1. The minimum Gasteiger partial charge on any atom is -0.275 e. The summed E-state index contributed by atoms with van der Waals surface area (Å²) in [5.41, 5.74) is 0. The van der Waals surface area contributed by atoms with Crippen molar-refractivity contribution in [3.63, 3.8) is 0 Å². The Morgan fingerprint density at radius 2 is 1.53 bits per heavy atom. The van der Waals surface area contributed by atoms with Gasteiger partial charge in [0.15, 0.2) is 0 Å². The molecule has 0 saturated carbocycles. The molecule has 0 saturated heterocycles. The normalized spacial score (nSPS) is 21.1. The van der Waals surface area contributed by atoms with Crippen LogP contribution in [0.2, 0.25) is 0 Å². The van der Waals surface area contributed by atoms with Gasteiger partial charge in [0.25, 0.3) is 0 Å². The van der Waals surface area contributed by atoms with E-state index in [1.807, 2.05) is 12.2 Å². The molecule has 0 aromatic carbocycles. The van der Waals surface area contributed by atoms with Gasteiger partial charge in [-0.05, 0) is 12.3 Å². The molecule has 0 spiro atoms. The van der Waals surface area contributed by atoms with Crippen molar-refractivity contribution in [3.05, 3.63) is 48.6 Å². The van der Waals surface area contributed by atoms with Gasteiger partial charge < -0.3 is 0 Å². The van der Waals surface area contributed by atoms with Gasteiger partial charge in [-0.15, -0.1) is 0 Å². The smallest absolute Gasteiger partial charge is 0.0896 e. The standard InChI is InChI=1S/C12H13ClO.Zr/c13-14-12(11-7-3-4-8-11)9-10-5-1-2-6-10;/h1-8,10-12H,9H2;. The van der Waals surface area contributed by atoms with Crippen LogP contribution in [0.15, 0.2) is 48.6 Å². The van der Waals surface area contributed by atoms with E-state index in [4.69, 9.17) is 16.2 Å².